The molecule has 8 aromatic carbocycles. The van der Waals surface area contributed by atoms with Crippen molar-refractivity contribution < 1.29 is 0 Å². The van der Waals surface area contributed by atoms with Gasteiger partial charge in [0.05, 0.1) is 22.1 Å². The molecule has 0 spiro atoms. The van der Waals surface area contributed by atoms with Crippen LogP contribution < -0.4 is 0 Å². The Morgan fingerprint density at radius 1 is 0.370 bits per heavy atom. The predicted molar refractivity (Wildman–Crippen MR) is 193 cm³/mol. The lowest BCUT2D eigenvalue weighted by Gasteiger charge is -2.15. The van der Waals surface area contributed by atoms with E-state index >= 15 is 0 Å². The summed E-state index contributed by atoms with van der Waals surface area (Å²) in [6, 6.07) is 58.8. The van der Waals surface area contributed by atoms with E-state index in [0.717, 1.165) is 33.8 Å². The van der Waals surface area contributed by atoms with Crippen LogP contribution in [0, 0.1) is 0 Å². The van der Waals surface area contributed by atoms with E-state index in [4.69, 9.17) is 4.98 Å². The zero-order chi connectivity index (χ0) is 30.2. The highest BCUT2D eigenvalue weighted by molar-refractivity contribution is 6.34. The molecule has 10 aromatic rings. The van der Waals surface area contributed by atoms with Crippen molar-refractivity contribution in [3.05, 3.63) is 164 Å². The Labute approximate surface area is 265 Å². The smallest absolute Gasteiger partial charge is 0.145 e. The molecule has 2 aromatic heterocycles. The molecule has 0 N–H and O–H groups in total. The van der Waals surface area contributed by atoms with E-state index in [1.807, 2.05) is 0 Å². The van der Waals surface area contributed by atoms with Gasteiger partial charge in [-0.25, -0.2) is 4.98 Å². The summed E-state index contributed by atoms with van der Waals surface area (Å²) >= 11 is 0. The van der Waals surface area contributed by atoms with Gasteiger partial charge in [-0.3, -0.25) is 4.57 Å². The third-order valence-corrected chi connectivity index (χ3v) is 9.47. The summed E-state index contributed by atoms with van der Waals surface area (Å²) < 4.78 is 4.76. The SMILES string of the molecule is c1ccc(-c2nc3cc4c5ccccc5c5c(ccc6c7ccccc7n(-c7ccccc7)c65)c4cc3n2-c2ccccc2)cc1. The molecule has 0 unspecified atom stereocenters. The van der Waals surface area contributed by atoms with Crippen molar-refractivity contribution in [3.63, 3.8) is 0 Å². The van der Waals surface area contributed by atoms with Gasteiger partial charge in [0.15, 0.2) is 0 Å². The average molecular weight is 586 g/mol. The van der Waals surface area contributed by atoms with Crippen molar-refractivity contribution in [2.75, 3.05) is 0 Å². The van der Waals surface area contributed by atoms with Crippen LogP contribution in [-0.4, -0.2) is 14.1 Å². The highest BCUT2D eigenvalue weighted by Gasteiger charge is 2.21. The van der Waals surface area contributed by atoms with Gasteiger partial charge in [0.2, 0.25) is 0 Å². The highest BCUT2D eigenvalue weighted by Crippen LogP contribution is 2.44. The zero-order valence-corrected chi connectivity index (χ0v) is 24.9. The van der Waals surface area contributed by atoms with Crippen LogP contribution in [0.25, 0.3) is 87.9 Å². The van der Waals surface area contributed by atoms with E-state index in [-0.39, 0.29) is 0 Å². The number of nitrogens with zero attached hydrogens (tertiary/aromatic N) is 3. The predicted octanol–water partition coefficient (Wildman–Crippen LogP) is 11.2. The van der Waals surface area contributed by atoms with Gasteiger partial charge < -0.3 is 4.57 Å². The minimum absolute atomic E-state index is 0.942. The lowest BCUT2D eigenvalue weighted by Crippen LogP contribution is -1.97. The molecule has 46 heavy (non-hydrogen) atoms. The van der Waals surface area contributed by atoms with Crippen LogP contribution >= 0.6 is 0 Å². The standard InChI is InChI=1S/C43H27N3/c1-4-14-28(15-5-1)43-44-38-26-36-31-20-10-11-22-33(31)41-34(37(36)27-40(38)46(43)30-18-8-3-9-19-30)24-25-35-32-21-12-13-23-39(32)45(42(35)41)29-16-6-2-7-17-29/h1-27H. The molecule has 0 aliphatic heterocycles. The van der Waals surface area contributed by atoms with Crippen LogP contribution in [0.4, 0.5) is 0 Å². The molecule has 0 bridgehead atoms. The molecule has 0 atom stereocenters. The number of benzene rings is 8. The second-order valence-electron chi connectivity index (χ2n) is 12.0. The third-order valence-electron chi connectivity index (χ3n) is 9.47. The Bertz CT molecular complexity index is 2770. The molecule has 0 aliphatic carbocycles. The first-order valence-corrected chi connectivity index (χ1v) is 15.7. The van der Waals surface area contributed by atoms with Gasteiger partial charge >= 0.3 is 0 Å². The molecule has 0 amide bonds. The fourth-order valence-corrected chi connectivity index (χ4v) is 7.52. The van der Waals surface area contributed by atoms with Crippen LogP contribution in [0.1, 0.15) is 0 Å². The van der Waals surface area contributed by atoms with Crippen molar-refractivity contribution in [1.29, 1.82) is 0 Å². The topological polar surface area (TPSA) is 22.8 Å². The number of aromatic nitrogens is 3. The minimum Gasteiger partial charge on any atom is -0.309 e. The summed E-state index contributed by atoms with van der Waals surface area (Å²) in [6.07, 6.45) is 0. The molecule has 0 fully saturated rings. The van der Waals surface area contributed by atoms with E-state index in [0.29, 0.717) is 0 Å². The summed E-state index contributed by atoms with van der Waals surface area (Å²) in [5, 5.41) is 9.97. The maximum atomic E-state index is 5.29. The van der Waals surface area contributed by atoms with Gasteiger partial charge in [-0.2, -0.15) is 0 Å². The number of hydrogen-bond donors (Lipinski definition) is 0. The fraction of sp³-hybridized carbons (Fsp3) is 0. The molecule has 3 nitrogen and oxygen atoms in total. The summed E-state index contributed by atoms with van der Waals surface area (Å²) in [7, 11) is 0. The first-order chi connectivity index (χ1) is 22.8. The van der Waals surface area contributed by atoms with Crippen molar-refractivity contribution in [3.8, 4) is 22.8 Å². The van der Waals surface area contributed by atoms with Crippen molar-refractivity contribution in [2.45, 2.75) is 0 Å². The third kappa shape index (κ3) is 3.51. The normalized spacial score (nSPS) is 11.9. The Kier molecular flexibility index (Phi) is 5.28. The average Bonchev–Trinajstić information content (AvgIpc) is 3.68. The number of para-hydroxylation sites is 3. The second-order valence-corrected chi connectivity index (χ2v) is 12.0. The fourth-order valence-electron chi connectivity index (χ4n) is 7.52. The van der Waals surface area contributed by atoms with Gasteiger partial charge in [-0.05, 0) is 69.4 Å². The lowest BCUT2D eigenvalue weighted by molar-refractivity contribution is 1.10. The Hall–Kier alpha value is -6.19. The summed E-state index contributed by atoms with van der Waals surface area (Å²) in [5.41, 5.74) is 7.89. The van der Waals surface area contributed by atoms with Gasteiger partial charge in [0.1, 0.15) is 5.82 Å². The maximum absolute atomic E-state index is 5.29. The first-order valence-electron chi connectivity index (χ1n) is 15.7. The molecule has 3 heteroatoms. The lowest BCUT2D eigenvalue weighted by atomic mass is 9.92. The molecule has 0 saturated carbocycles. The summed E-state index contributed by atoms with van der Waals surface area (Å²) in [6.45, 7) is 0. The molecule has 0 aliphatic rings. The molecule has 10 rings (SSSR count). The minimum atomic E-state index is 0.942. The highest BCUT2D eigenvalue weighted by atomic mass is 15.1. The Balaban J connectivity index is 1.42. The van der Waals surface area contributed by atoms with E-state index in [1.54, 1.807) is 0 Å². The van der Waals surface area contributed by atoms with E-state index in [9.17, 15) is 0 Å². The zero-order valence-electron chi connectivity index (χ0n) is 24.9. The quantitative estimate of drug-likeness (QED) is 0.189. The van der Waals surface area contributed by atoms with Gasteiger partial charge in [0, 0.05) is 33.1 Å². The van der Waals surface area contributed by atoms with Crippen LogP contribution in [0.5, 0.6) is 0 Å². The summed E-state index contributed by atoms with van der Waals surface area (Å²) in [5.74, 6) is 0.942. The van der Waals surface area contributed by atoms with Crippen LogP contribution in [0.15, 0.2) is 164 Å². The maximum Gasteiger partial charge on any atom is 0.145 e. The largest absolute Gasteiger partial charge is 0.309 e. The second kappa shape index (κ2) is 9.65. The number of hydrogen-bond acceptors (Lipinski definition) is 1. The van der Waals surface area contributed by atoms with Gasteiger partial charge in [-0.1, -0.05) is 121 Å². The summed E-state index contributed by atoms with van der Waals surface area (Å²) in [4.78, 5) is 5.29. The number of rotatable bonds is 3. The molecular formula is C43H27N3. The molecule has 214 valence electrons. The molecular weight excluding hydrogens is 558 g/mol. The Morgan fingerprint density at radius 2 is 0.913 bits per heavy atom. The van der Waals surface area contributed by atoms with Crippen LogP contribution in [0.2, 0.25) is 0 Å². The van der Waals surface area contributed by atoms with Crippen molar-refractivity contribution in [2.24, 2.45) is 0 Å². The van der Waals surface area contributed by atoms with Crippen molar-refractivity contribution in [1.82, 2.24) is 14.1 Å². The van der Waals surface area contributed by atoms with Crippen molar-refractivity contribution >= 4 is 65.2 Å². The number of fused-ring (bicyclic) bond motifs is 11. The van der Waals surface area contributed by atoms with Crippen LogP contribution in [0.3, 0.4) is 0 Å². The molecule has 0 radical (unpaired) electrons. The Morgan fingerprint density at radius 3 is 1.65 bits per heavy atom. The van der Waals surface area contributed by atoms with Gasteiger partial charge in [-0.15, -0.1) is 0 Å². The van der Waals surface area contributed by atoms with E-state index < -0.39 is 0 Å². The van der Waals surface area contributed by atoms with Crippen LogP contribution in [-0.2, 0) is 0 Å². The first kappa shape index (κ1) is 25.2. The monoisotopic (exact) mass is 585 g/mol. The van der Waals surface area contributed by atoms with Gasteiger partial charge in [0.25, 0.3) is 0 Å². The molecule has 0 saturated heterocycles. The molecule has 2 heterocycles. The number of imidazole rings is 1. The van der Waals surface area contributed by atoms with E-state index in [1.165, 1.54) is 54.1 Å². The van der Waals surface area contributed by atoms with E-state index in [2.05, 4.69) is 173 Å².